The molecule has 0 heterocycles. The highest BCUT2D eigenvalue weighted by Gasteiger charge is 2.14. The van der Waals surface area contributed by atoms with Crippen molar-refractivity contribution in [3.63, 3.8) is 0 Å². The number of rotatable bonds is 35. The molecule has 0 aliphatic carbocycles. The van der Waals surface area contributed by atoms with Crippen LogP contribution in [-0.2, 0) is 14.3 Å². The molecule has 0 rings (SSSR count). The topological polar surface area (TPSA) is 63.6 Å². The Kier molecular flexibility index (Phi) is 34.1. The first-order valence-electron chi connectivity index (χ1n) is 19.2. The minimum Gasteiger partial charge on any atom is -0.481 e. The number of aliphatic carboxylic acids is 1. The van der Waals surface area contributed by atoms with Gasteiger partial charge < -0.3 is 9.84 Å². The smallest absolute Gasteiger partial charge is 0.306 e. The second kappa shape index (κ2) is 35.2. The highest BCUT2D eigenvalue weighted by Crippen LogP contribution is 2.18. The maximum Gasteiger partial charge on any atom is 0.306 e. The van der Waals surface area contributed by atoms with E-state index in [2.05, 4.69) is 26.0 Å². The molecule has 0 amide bonds. The molecule has 43 heavy (non-hydrogen) atoms. The summed E-state index contributed by atoms with van der Waals surface area (Å²) < 4.78 is 5.98. The monoisotopic (exact) mass is 607 g/mol. The van der Waals surface area contributed by atoms with E-state index in [1.54, 1.807) is 0 Å². The summed E-state index contributed by atoms with van der Waals surface area (Å²) >= 11 is 0. The number of carbonyl (C=O) groups is 2. The average Bonchev–Trinajstić information content (AvgIpc) is 2.99. The normalized spacial score (nSPS) is 12.2. The van der Waals surface area contributed by atoms with Gasteiger partial charge in [-0.1, -0.05) is 161 Å². The molecule has 0 saturated carbocycles. The Morgan fingerprint density at radius 3 is 1.35 bits per heavy atom. The number of ether oxygens (including phenoxy) is 1. The molecule has 254 valence electrons. The lowest BCUT2D eigenvalue weighted by atomic mass is 10.0. The SMILES string of the molecule is CCCCCCCCCC/C=C\CCCC(CCCCCCCC(=O)O)OC(=O)CCCCCCCCCCCCCC. The Balaban J connectivity index is 4.08. The molecule has 4 heteroatoms. The van der Waals surface area contributed by atoms with Gasteiger partial charge in [0.1, 0.15) is 6.10 Å². The van der Waals surface area contributed by atoms with Crippen LogP contribution in [0.3, 0.4) is 0 Å². The van der Waals surface area contributed by atoms with Crippen LogP contribution >= 0.6 is 0 Å². The van der Waals surface area contributed by atoms with E-state index in [1.807, 2.05) is 0 Å². The third-order valence-electron chi connectivity index (χ3n) is 8.74. The van der Waals surface area contributed by atoms with Gasteiger partial charge in [0, 0.05) is 12.8 Å². The van der Waals surface area contributed by atoms with Crippen LogP contribution in [0.4, 0.5) is 0 Å². The summed E-state index contributed by atoms with van der Waals surface area (Å²) in [5.74, 6) is -0.712. The summed E-state index contributed by atoms with van der Waals surface area (Å²) in [5.41, 5.74) is 0. The zero-order chi connectivity index (χ0) is 31.5. The van der Waals surface area contributed by atoms with Gasteiger partial charge in [0.2, 0.25) is 0 Å². The van der Waals surface area contributed by atoms with Crippen LogP contribution in [0.2, 0.25) is 0 Å². The maximum atomic E-state index is 12.6. The van der Waals surface area contributed by atoms with E-state index in [0.717, 1.165) is 70.6 Å². The van der Waals surface area contributed by atoms with Crippen LogP contribution in [-0.4, -0.2) is 23.1 Å². The predicted molar refractivity (Wildman–Crippen MR) is 186 cm³/mol. The highest BCUT2D eigenvalue weighted by molar-refractivity contribution is 5.69. The minimum absolute atomic E-state index is 0.0104. The van der Waals surface area contributed by atoms with E-state index in [1.165, 1.54) is 122 Å². The van der Waals surface area contributed by atoms with Crippen molar-refractivity contribution >= 4 is 11.9 Å². The second-order valence-electron chi connectivity index (χ2n) is 13.1. The third-order valence-corrected chi connectivity index (χ3v) is 8.74. The van der Waals surface area contributed by atoms with Crippen molar-refractivity contribution in [3.05, 3.63) is 12.2 Å². The molecule has 0 fully saturated rings. The standard InChI is InChI=1S/C39H74O4/c1-3-5-7-9-11-13-15-17-18-20-22-25-29-33-37(34-30-26-24-27-31-35-38(40)41)43-39(42)36-32-28-23-21-19-16-14-12-10-8-6-4-2/h20,22,37H,3-19,21,23-36H2,1-2H3,(H,40,41)/b22-20-. The Hall–Kier alpha value is -1.32. The summed E-state index contributed by atoms with van der Waals surface area (Å²) in [6.07, 6.45) is 42.2. The first kappa shape index (κ1) is 41.7. The number of allylic oxidation sites excluding steroid dienone is 2. The fraction of sp³-hybridized carbons (Fsp3) is 0.897. The predicted octanol–water partition coefficient (Wildman–Crippen LogP) is 13.1. The zero-order valence-electron chi connectivity index (χ0n) is 29.0. The Labute approximate surface area is 268 Å². The molecule has 1 atom stereocenters. The molecule has 0 aromatic carbocycles. The number of hydrogen-bond donors (Lipinski definition) is 1. The molecular formula is C39H74O4. The van der Waals surface area contributed by atoms with E-state index >= 15 is 0 Å². The molecule has 0 bridgehead atoms. The lowest BCUT2D eigenvalue weighted by Crippen LogP contribution is -2.18. The highest BCUT2D eigenvalue weighted by atomic mass is 16.5. The number of unbranched alkanes of at least 4 members (excludes halogenated alkanes) is 24. The number of carbonyl (C=O) groups excluding carboxylic acids is 1. The molecule has 0 aliphatic rings. The Morgan fingerprint density at radius 2 is 0.860 bits per heavy atom. The molecule has 0 aliphatic heterocycles. The molecule has 0 saturated heterocycles. The van der Waals surface area contributed by atoms with Gasteiger partial charge >= 0.3 is 11.9 Å². The van der Waals surface area contributed by atoms with Crippen molar-refractivity contribution < 1.29 is 19.4 Å². The zero-order valence-corrected chi connectivity index (χ0v) is 29.0. The van der Waals surface area contributed by atoms with Crippen molar-refractivity contribution in [2.75, 3.05) is 0 Å². The van der Waals surface area contributed by atoms with Gasteiger partial charge in [-0.15, -0.1) is 0 Å². The van der Waals surface area contributed by atoms with Gasteiger partial charge in [-0.2, -0.15) is 0 Å². The summed E-state index contributed by atoms with van der Waals surface area (Å²) in [6, 6.07) is 0. The summed E-state index contributed by atoms with van der Waals surface area (Å²) in [7, 11) is 0. The average molecular weight is 607 g/mol. The van der Waals surface area contributed by atoms with E-state index in [4.69, 9.17) is 9.84 Å². The lowest BCUT2D eigenvalue weighted by molar-refractivity contribution is -0.150. The molecular weight excluding hydrogens is 532 g/mol. The first-order chi connectivity index (χ1) is 21.1. The van der Waals surface area contributed by atoms with Crippen molar-refractivity contribution in [1.29, 1.82) is 0 Å². The van der Waals surface area contributed by atoms with E-state index < -0.39 is 5.97 Å². The van der Waals surface area contributed by atoms with E-state index in [0.29, 0.717) is 6.42 Å². The second-order valence-corrected chi connectivity index (χ2v) is 13.1. The first-order valence-corrected chi connectivity index (χ1v) is 19.2. The van der Waals surface area contributed by atoms with E-state index in [-0.39, 0.29) is 18.5 Å². The van der Waals surface area contributed by atoms with Gasteiger partial charge in [0.05, 0.1) is 0 Å². The van der Waals surface area contributed by atoms with Gasteiger partial charge in [0.25, 0.3) is 0 Å². The summed E-state index contributed by atoms with van der Waals surface area (Å²) in [6.45, 7) is 4.55. The van der Waals surface area contributed by atoms with Gasteiger partial charge in [-0.05, 0) is 57.8 Å². The lowest BCUT2D eigenvalue weighted by Gasteiger charge is -2.18. The van der Waals surface area contributed by atoms with Crippen LogP contribution in [0.25, 0.3) is 0 Å². The molecule has 0 radical (unpaired) electrons. The molecule has 4 nitrogen and oxygen atoms in total. The van der Waals surface area contributed by atoms with Crippen LogP contribution < -0.4 is 0 Å². The molecule has 1 N–H and O–H groups in total. The quantitative estimate of drug-likeness (QED) is 0.0443. The van der Waals surface area contributed by atoms with Crippen LogP contribution in [0.1, 0.15) is 219 Å². The van der Waals surface area contributed by atoms with Crippen molar-refractivity contribution in [1.82, 2.24) is 0 Å². The van der Waals surface area contributed by atoms with E-state index in [9.17, 15) is 9.59 Å². The summed E-state index contributed by atoms with van der Waals surface area (Å²) in [5, 5.41) is 8.80. The number of carboxylic acids is 1. The fourth-order valence-electron chi connectivity index (χ4n) is 5.89. The van der Waals surface area contributed by atoms with Crippen LogP contribution in [0.15, 0.2) is 12.2 Å². The number of hydrogen-bond acceptors (Lipinski definition) is 3. The van der Waals surface area contributed by atoms with Gasteiger partial charge in [0.15, 0.2) is 0 Å². The summed E-state index contributed by atoms with van der Waals surface area (Å²) in [4.78, 5) is 23.3. The van der Waals surface area contributed by atoms with Crippen LogP contribution in [0.5, 0.6) is 0 Å². The fourth-order valence-corrected chi connectivity index (χ4v) is 5.89. The van der Waals surface area contributed by atoms with Gasteiger partial charge in [-0.25, -0.2) is 0 Å². The molecule has 0 spiro atoms. The minimum atomic E-state index is -0.702. The van der Waals surface area contributed by atoms with Crippen molar-refractivity contribution in [2.45, 2.75) is 225 Å². The van der Waals surface area contributed by atoms with Crippen molar-refractivity contribution in [2.24, 2.45) is 0 Å². The van der Waals surface area contributed by atoms with Crippen LogP contribution in [0, 0.1) is 0 Å². The Bertz CT molecular complexity index is 614. The third kappa shape index (κ3) is 35.0. The van der Waals surface area contributed by atoms with Crippen molar-refractivity contribution in [3.8, 4) is 0 Å². The molecule has 0 aromatic rings. The molecule has 1 unspecified atom stereocenters. The molecule has 0 aromatic heterocycles. The van der Waals surface area contributed by atoms with Gasteiger partial charge in [-0.3, -0.25) is 9.59 Å². The largest absolute Gasteiger partial charge is 0.481 e. The number of esters is 1. The maximum absolute atomic E-state index is 12.6. The number of carboxylic acid groups (broad SMARTS) is 1. The Morgan fingerprint density at radius 1 is 0.488 bits per heavy atom.